The number of hydrogen-bond donors (Lipinski definition) is 2. The van der Waals surface area contributed by atoms with Crippen molar-refractivity contribution in [2.45, 2.75) is 52.0 Å². The molecule has 3 amide bonds. The Bertz CT molecular complexity index is 651. The lowest BCUT2D eigenvalue weighted by molar-refractivity contribution is 0.0761. The second-order valence-electron chi connectivity index (χ2n) is 8.36. The molecular weight excluding hydrogens is 352 g/mol. The van der Waals surface area contributed by atoms with Gasteiger partial charge in [-0.25, -0.2) is 4.79 Å². The first kappa shape index (κ1) is 20.6. The molecule has 2 saturated heterocycles. The number of amides is 3. The Kier molecular flexibility index (Phi) is 7.31. The van der Waals surface area contributed by atoms with Crippen molar-refractivity contribution in [1.82, 2.24) is 15.1 Å². The van der Waals surface area contributed by atoms with E-state index in [0.29, 0.717) is 29.8 Å². The molecule has 2 heterocycles. The van der Waals surface area contributed by atoms with Crippen LogP contribution in [0.15, 0.2) is 24.3 Å². The second kappa shape index (κ2) is 9.92. The standard InChI is InChI=1S/C22H34N4O2/c1-17(2)26-14-11-18(16-26)15-23-22(28)24-20-9-7-19(8-10-20)21(27)25-12-5-3-4-6-13-25/h7-10,17-18H,3-6,11-16H2,1-2H3,(H2,23,24,28). The summed E-state index contributed by atoms with van der Waals surface area (Å²) in [4.78, 5) is 29.2. The minimum Gasteiger partial charge on any atom is -0.339 e. The summed E-state index contributed by atoms with van der Waals surface area (Å²) < 4.78 is 0. The molecule has 0 bridgehead atoms. The normalized spacial score (nSPS) is 20.8. The molecule has 6 heteroatoms. The Morgan fingerprint density at radius 1 is 1.04 bits per heavy atom. The van der Waals surface area contributed by atoms with Crippen molar-refractivity contribution >= 4 is 17.6 Å². The summed E-state index contributed by atoms with van der Waals surface area (Å²) in [6, 6.07) is 7.60. The summed E-state index contributed by atoms with van der Waals surface area (Å²) in [7, 11) is 0. The smallest absolute Gasteiger partial charge is 0.319 e. The fraction of sp³-hybridized carbons (Fsp3) is 0.636. The lowest BCUT2D eigenvalue weighted by Gasteiger charge is -2.20. The Morgan fingerprint density at radius 2 is 1.71 bits per heavy atom. The van der Waals surface area contributed by atoms with E-state index in [-0.39, 0.29) is 11.9 Å². The molecule has 154 valence electrons. The highest BCUT2D eigenvalue weighted by atomic mass is 16.2. The van der Waals surface area contributed by atoms with Gasteiger partial charge in [-0.1, -0.05) is 12.8 Å². The first-order valence-corrected chi connectivity index (χ1v) is 10.7. The average Bonchev–Trinajstić information content (AvgIpc) is 3.01. The zero-order valence-electron chi connectivity index (χ0n) is 17.2. The molecule has 1 unspecified atom stereocenters. The van der Waals surface area contributed by atoms with E-state index in [1.807, 2.05) is 4.90 Å². The van der Waals surface area contributed by atoms with Gasteiger partial charge in [-0.05, 0) is 69.8 Å². The van der Waals surface area contributed by atoms with Crippen LogP contribution >= 0.6 is 0 Å². The van der Waals surface area contributed by atoms with Gasteiger partial charge in [0.2, 0.25) is 0 Å². The van der Waals surface area contributed by atoms with E-state index in [1.54, 1.807) is 24.3 Å². The minimum atomic E-state index is -0.186. The van der Waals surface area contributed by atoms with Crippen LogP contribution in [0.1, 0.15) is 56.3 Å². The number of likely N-dealkylation sites (tertiary alicyclic amines) is 2. The van der Waals surface area contributed by atoms with Crippen LogP contribution in [0.3, 0.4) is 0 Å². The third kappa shape index (κ3) is 5.71. The van der Waals surface area contributed by atoms with Gasteiger partial charge < -0.3 is 20.4 Å². The van der Waals surface area contributed by atoms with Crippen molar-refractivity contribution < 1.29 is 9.59 Å². The topological polar surface area (TPSA) is 64.7 Å². The predicted octanol–water partition coefficient (Wildman–Crippen LogP) is 3.55. The van der Waals surface area contributed by atoms with Crippen LogP contribution in [0.5, 0.6) is 0 Å². The third-order valence-corrected chi connectivity index (χ3v) is 5.88. The van der Waals surface area contributed by atoms with Crippen LogP contribution < -0.4 is 10.6 Å². The molecule has 0 aromatic heterocycles. The van der Waals surface area contributed by atoms with Gasteiger partial charge in [-0.3, -0.25) is 4.79 Å². The molecule has 0 aliphatic carbocycles. The Balaban J connectivity index is 1.44. The Hall–Kier alpha value is -2.08. The number of urea groups is 1. The van der Waals surface area contributed by atoms with Gasteiger partial charge in [0.05, 0.1) is 0 Å². The molecule has 2 fully saturated rings. The lowest BCUT2D eigenvalue weighted by atomic mass is 10.1. The molecule has 0 spiro atoms. The molecule has 0 saturated carbocycles. The number of benzene rings is 1. The van der Waals surface area contributed by atoms with Crippen LogP contribution in [0.4, 0.5) is 10.5 Å². The van der Waals surface area contributed by atoms with Gasteiger partial charge in [-0.15, -0.1) is 0 Å². The summed E-state index contributed by atoms with van der Waals surface area (Å²) in [6.45, 7) is 8.96. The summed E-state index contributed by atoms with van der Waals surface area (Å²) in [5.41, 5.74) is 1.40. The molecule has 1 aromatic carbocycles. The van der Waals surface area contributed by atoms with Gasteiger partial charge in [0.1, 0.15) is 0 Å². The Morgan fingerprint density at radius 3 is 2.32 bits per heavy atom. The van der Waals surface area contributed by atoms with Crippen molar-refractivity contribution in [1.29, 1.82) is 0 Å². The second-order valence-corrected chi connectivity index (χ2v) is 8.36. The number of nitrogens with zero attached hydrogens (tertiary/aromatic N) is 2. The number of nitrogens with one attached hydrogen (secondary N) is 2. The van der Waals surface area contributed by atoms with Crippen molar-refractivity contribution in [2.75, 3.05) is 38.0 Å². The molecule has 2 aliphatic heterocycles. The summed E-state index contributed by atoms with van der Waals surface area (Å²) in [6.07, 6.45) is 5.71. The minimum absolute atomic E-state index is 0.0915. The Labute approximate surface area is 168 Å². The molecule has 1 aromatic rings. The number of carbonyl (C=O) groups excluding carboxylic acids is 2. The summed E-state index contributed by atoms with van der Waals surface area (Å²) in [5, 5.41) is 5.84. The zero-order chi connectivity index (χ0) is 19.9. The maximum absolute atomic E-state index is 12.6. The van der Waals surface area contributed by atoms with E-state index in [0.717, 1.165) is 45.4 Å². The SMILES string of the molecule is CC(C)N1CCC(CNC(=O)Nc2ccc(C(=O)N3CCCCCC3)cc2)C1. The van der Waals surface area contributed by atoms with Crippen molar-refractivity contribution in [3.05, 3.63) is 29.8 Å². The fourth-order valence-electron chi connectivity index (χ4n) is 4.06. The maximum Gasteiger partial charge on any atom is 0.319 e. The highest BCUT2D eigenvalue weighted by molar-refractivity contribution is 5.95. The lowest BCUT2D eigenvalue weighted by Crippen LogP contribution is -2.35. The van der Waals surface area contributed by atoms with Crippen LogP contribution in [0.2, 0.25) is 0 Å². The fourth-order valence-corrected chi connectivity index (χ4v) is 4.06. The highest BCUT2D eigenvalue weighted by Crippen LogP contribution is 2.18. The molecule has 0 radical (unpaired) electrons. The van der Waals surface area contributed by atoms with E-state index in [2.05, 4.69) is 29.4 Å². The van der Waals surface area contributed by atoms with Gasteiger partial charge in [0.25, 0.3) is 5.91 Å². The van der Waals surface area contributed by atoms with Gasteiger partial charge >= 0.3 is 6.03 Å². The number of anilines is 1. The molecule has 2 aliphatic rings. The number of hydrogen-bond acceptors (Lipinski definition) is 3. The van der Waals surface area contributed by atoms with Crippen molar-refractivity contribution in [3.8, 4) is 0 Å². The van der Waals surface area contributed by atoms with E-state index < -0.39 is 0 Å². The van der Waals surface area contributed by atoms with Gasteiger partial charge in [0, 0.05) is 43.5 Å². The average molecular weight is 387 g/mol. The molecule has 28 heavy (non-hydrogen) atoms. The van der Waals surface area contributed by atoms with E-state index in [1.165, 1.54) is 12.8 Å². The van der Waals surface area contributed by atoms with Crippen LogP contribution in [-0.4, -0.2) is 60.5 Å². The quantitative estimate of drug-likeness (QED) is 0.813. The molecule has 1 atom stereocenters. The first-order valence-electron chi connectivity index (χ1n) is 10.7. The number of carbonyl (C=O) groups is 2. The van der Waals surface area contributed by atoms with E-state index in [4.69, 9.17) is 0 Å². The van der Waals surface area contributed by atoms with Crippen molar-refractivity contribution in [2.24, 2.45) is 5.92 Å². The van der Waals surface area contributed by atoms with Crippen molar-refractivity contribution in [3.63, 3.8) is 0 Å². The summed E-state index contributed by atoms with van der Waals surface area (Å²) in [5.74, 6) is 0.607. The number of rotatable bonds is 5. The molecule has 3 rings (SSSR count). The first-order chi connectivity index (χ1) is 13.5. The molecular formula is C22H34N4O2. The highest BCUT2D eigenvalue weighted by Gasteiger charge is 2.24. The predicted molar refractivity (Wildman–Crippen MR) is 113 cm³/mol. The van der Waals surface area contributed by atoms with E-state index >= 15 is 0 Å². The van der Waals surface area contributed by atoms with Crippen LogP contribution in [0, 0.1) is 5.92 Å². The van der Waals surface area contributed by atoms with Gasteiger partial charge in [-0.2, -0.15) is 0 Å². The van der Waals surface area contributed by atoms with Crippen LogP contribution in [0.25, 0.3) is 0 Å². The zero-order valence-corrected chi connectivity index (χ0v) is 17.2. The molecule has 6 nitrogen and oxygen atoms in total. The van der Waals surface area contributed by atoms with Gasteiger partial charge in [0.15, 0.2) is 0 Å². The van der Waals surface area contributed by atoms with Crippen LogP contribution in [-0.2, 0) is 0 Å². The largest absolute Gasteiger partial charge is 0.339 e. The monoisotopic (exact) mass is 386 g/mol. The third-order valence-electron chi connectivity index (χ3n) is 5.88. The maximum atomic E-state index is 12.6. The van der Waals surface area contributed by atoms with E-state index in [9.17, 15) is 9.59 Å². The molecule has 2 N–H and O–H groups in total. The summed E-state index contributed by atoms with van der Waals surface area (Å²) >= 11 is 0.